The standard InChI is InChI=1S/C17H25Cl/c1-13(2)15-8-10-16(11-9-15)17(18)12-7-14-5-3-4-6-14/h8-11,13-14,17H,3-7,12H2,1-2H3. The molecule has 1 aliphatic rings. The molecule has 1 aromatic rings. The fourth-order valence-corrected chi connectivity index (χ4v) is 3.21. The number of benzene rings is 1. The number of halogens is 1. The first kappa shape index (κ1) is 13.9. The number of alkyl halides is 1. The topological polar surface area (TPSA) is 0 Å². The lowest BCUT2D eigenvalue weighted by Crippen LogP contribution is -1.98. The molecule has 1 heteroatoms. The highest BCUT2D eigenvalue weighted by molar-refractivity contribution is 6.20. The summed E-state index contributed by atoms with van der Waals surface area (Å²) in [6.07, 6.45) is 8.15. The van der Waals surface area contributed by atoms with Crippen molar-refractivity contribution in [1.82, 2.24) is 0 Å². The van der Waals surface area contributed by atoms with Gasteiger partial charge in [0, 0.05) is 0 Å². The highest BCUT2D eigenvalue weighted by atomic mass is 35.5. The van der Waals surface area contributed by atoms with Crippen molar-refractivity contribution < 1.29 is 0 Å². The van der Waals surface area contributed by atoms with E-state index in [1.54, 1.807) is 0 Å². The molecule has 1 atom stereocenters. The summed E-state index contributed by atoms with van der Waals surface area (Å²) >= 11 is 6.52. The van der Waals surface area contributed by atoms with E-state index in [0.29, 0.717) is 5.92 Å². The van der Waals surface area contributed by atoms with Crippen LogP contribution in [-0.4, -0.2) is 0 Å². The number of hydrogen-bond donors (Lipinski definition) is 0. The zero-order valence-electron chi connectivity index (χ0n) is 11.7. The summed E-state index contributed by atoms with van der Waals surface area (Å²) in [5.74, 6) is 1.55. The summed E-state index contributed by atoms with van der Waals surface area (Å²) in [6, 6.07) is 8.87. The van der Waals surface area contributed by atoms with Crippen LogP contribution < -0.4 is 0 Å². The first-order valence-electron chi connectivity index (χ1n) is 7.40. The second-order valence-corrected chi connectivity index (χ2v) is 6.54. The molecule has 1 saturated carbocycles. The van der Waals surface area contributed by atoms with Gasteiger partial charge in [-0.25, -0.2) is 0 Å². The molecule has 0 radical (unpaired) electrons. The van der Waals surface area contributed by atoms with Gasteiger partial charge in [0.15, 0.2) is 0 Å². The van der Waals surface area contributed by atoms with Crippen LogP contribution in [0.25, 0.3) is 0 Å². The maximum Gasteiger partial charge on any atom is 0.0585 e. The fraction of sp³-hybridized carbons (Fsp3) is 0.647. The zero-order chi connectivity index (χ0) is 13.0. The molecule has 100 valence electrons. The van der Waals surface area contributed by atoms with Gasteiger partial charge >= 0.3 is 0 Å². The van der Waals surface area contributed by atoms with Gasteiger partial charge < -0.3 is 0 Å². The molecule has 1 fully saturated rings. The molecular formula is C17H25Cl. The molecule has 0 saturated heterocycles. The Morgan fingerprint density at radius 1 is 1.06 bits per heavy atom. The molecule has 0 amide bonds. The van der Waals surface area contributed by atoms with E-state index in [1.807, 2.05) is 0 Å². The minimum absolute atomic E-state index is 0.201. The van der Waals surface area contributed by atoms with Crippen LogP contribution >= 0.6 is 11.6 Å². The van der Waals surface area contributed by atoms with Gasteiger partial charge in [-0.3, -0.25) is 0 Å². The van der Waals surface area contributed by atoms with Gasteiger partial charge in [-0.2, -0.15) is 0 Å². The molecule has 0 bridgehead atoms. The Morgan fingerprint density at radius 3 is 2.17 bits per heavy atom. The molecule has 1 unspecified atom stereocenters. The third kappa shape index (κ3) is 3.75. The Labute approximate surface area is 117 Å². The highest BCUT2D eigenvalue weighted by Gasteiger charge is 2.17. The zero-order valence-corrected chi connectivity index (χ0v) is 12.4. The van der Waals surface area contributed by atoms with E-state index >= 15 is 0 Å². The summed E-state index contributed by atoms with van der Waals surface area (Å²) in [5, 5.41) is 0.201. The van der Waals surface area contributed by atoms with Crippen molar-refractivity contribution in [2.45, 2.75) is 63.7 Å². The summed E-state index contributed by atoms with van der Waals surface area (Å²) in [4.78, 5) is 0. The summed E-state index contributed by atoms with van der Waals surface area (Å²) < 4.78 is 0. The first-order chi connectivity index (χ1) is 8.66. The quantitative estimate of drug-likeness (QED) is 0.567. The van der Waals surface area contributed by atoms with Crippen molar-refractivity contribution in [3.8, 4) is 0 Å². The lowest BCUT2D eigenvalue weighted by atomic mass is 9.96. The Hall–Kier alpha value is -0.490. The lowest BCUT2D eigenvalue weighted by Gasteiger charge is -2.14. The Kier molecular flexibility index (Phi) is 5.12. The lowest BCUT2D eigenvalue weighted by molar-refractivity contribution is 0.480. The van der Waals surface area contributed by atoms with E-state index in [0.717, 1.165) is 12.3 Å². The fourth-order valence-electron chi connectivity index (χ4n) is 2.94. The minimum atomic E-state index is 0.201. The summed E-state index contributed by atoms with van der Waals surface area (Å²) in [7, 11) is 0. The van der Waals surface area contributed by atoms with Gasteiger partial charge in [-0.05, 0) is 35.8 Å². The summed E-state index contributed by atoms with van der Waals surface area (Å²) in [5.41, 5.74) is 2.69. The van der Waals surface area contributed by atoms with Gasteiger partial charge in [-0.1, -0.05) is 63.8 Å². The van der Waals surface area contributed by atoms with Crippen molar-refractivity contribution in [3.05, 3.63) is 35.4 Å². The molecule has 0 aliphatic heterocycles. The predicted molar refractivity (Wildman–Crippen MR) is 80.3 cm³/mol. The van der Waals surface area contributed by atoms with E-state index in [1.165, 1.54) is 43.2 Å². The molecule has 0 nitrogen and oxygen atoms in total. The molecule has 0 heterocycles. The Balaban J connectivity index is 1.85. The number of hydrogen-bond acceptors (Lipinski definition) is 0. The van der Waals surface area contributed by atoms with E-state index in [4.69, 9.17) is 11.6 Å². The number of rotatable bonds is 5. The van der Waals surface area contributed by atoms with Gasteiger partial charge in [0.25, 0.3) is 0 Å². The van der Waals surface area contributed by atoms with Crippen LogP contribution in [-0.2, 0) is 0 Å². The predicted octanol–water partition coefficient (Wildman–Crippen LogP) is 6.06. The second kappa shape index (κ2) is 6.61. The van der Waals surface area contributed by atoms with Crippen LogP contribution in [0.15, 0.2) is 24.3 Å². The third-order valence-corrected chi connectivity index (χ3v) is 4.74. The normalized spacial score (nSPS) is 18.4. The average Bonchev–Trinajstić information content (AvgIpc) is 2.89. The molecule has 18 heavy (non-hydrogen) atoms. The highest BCUT2D eigenvalue weighted by Crippen LogP contribution is 2.34. The van der Waals surface area contributed by atoms with Crippen molar-refractivity contribution in [1.29, 1.82) is 0 Å². The minimum Gasteiger partial charge on any atom is -0.118 e. The maximum atomic E-state index is 6.52. The van der Waals surface area contributed by atoms with Crippen LogP contribution in [0.5, 0.6) is 0 Å². The van der Waals surface area contributed by atoms with Crippen LogP contribution in [0.1, 0.15) is 74.8 Å². The average molecular weight is 265 g/mol. The summed E-state index contributed by atoms with van der Waals surface area (Å²) in [6.45, 7) is 4.46. The molecular weight excluding hydrogens is 240 g/mol. The van der Waals surface area contributed by atoms with Crippen molar-refractivity contribution in [2.75, 3.05) is 0 Å². The van der Waals surface area contributed by atoms with E-state index in [2.05, 4.69) is 38.1 Å². The van der Waals surface area contributed by atoms with Crippen molar-refractivity contribution >= 4 is 11.6 Å². The maximum absolute atomic E-state index is 6.52. The largest absolute Gasteiger partial charge is 0.118 e. The van der Waals surface area contributed by atoms with E-state index in [-0.39, 0.29) is 5.38 Å². The molecule has 0 spiro atoms. The van der Waals surface area contributed by atoms with Crippen molar-refractivity contribution in [2.24, 2.45) is 5.92 Å². The molecule has 1 aliphatic carbocycles. The van der Waals surface area contributed by atoms with Crippen LogP contribution in [0.2, 0.25) is 0 Å². The van der Waals surface area contributed by atoms with Gasteiger partial charge in [0.1, 0.15) is 0 Å². The Bertz CT molecular complexity index is 346. The van der Waals surface area contributed by atoms with Crippen LogP contribution in [0.3, 0.4) is 0 Å². The second-order valence-electron chi connectivity index (χ2n) is 6.02. The molecule has 0 aromatic heterocycles. The van der Waals surface area contributed by atoms with Gasteiger partial charge in [-0.15, -0.1) is 11.6 Å². The molecule has 0 N–H and O–H groups in total. The monoisotopic (exact) mass is 264 g/mol. The first-order valence-corrected chi connectivity index (χ1v) is 7.84. The SMILES string of the molecule is CC(C)c1ccc(C(Cl)CCC2CCCC2)cc1. The van der Waals surface area contributed by atoms with Crippen molar-refractivity contribution in [3.63, 3.8) is 0 Å². The molecule has 2 rings (SSSR count). The molecule has 1 aromatic carbocycles. The van der Waals surface area contributed by atoms with Crippen LogP contribution in [0.4, 0.5) is 0 Å². The Morgan fingerprint density at radius 2 is 1.61 bits per heavy atom. The third-order valence-electron chi connectivity index (χ3n) is 4.27. The van der Waals surface area contributed by atoms with Gasteiger partial charge in [0.05, 0.1) is 5.38 Å². The van der Waals surface area contributed by atoms with E-state index < -0.39 is 0 Å². The van der Waals surface area contributed by atoms with E-state index in [9.17, 15) is 0 Å². The smallest absolute Gasteiger partial charge is 0.0585 e. The van der Waals surface area contributed by atoms with Gasteiger partial charge in [0.2, 0.25) is 0 Å². The van der Waals surface area contributed by atoms with Crippen LogP contribution in [0, 0.1) is 5.92 Å².